The Balaban J connectivity index is 0.00000364. The summed E-state index contributed by atoms with van der Waals surface area (Å²) in [6.45, 7) is 9.20. The number of hydrogen-bond acceptors (Lipinski definition) is 3. The summed E-state index contributed by atoms with van der Waals surface area (Å²) in [6.07, 6.45) is 2.14. The fourth-order valence-corrected chi connectivity index (χ4v) is 3.12. The van der Waals surface area contributed by atoms with Crippen molar-refractivity contribution in [3.63, 3.8) is 0 Å². The molecular weight excluding hydrogens is 453 g/mol. The number of guanidine groups is 1. The molecule has 1 heterocycles. The van der Waals surface area contributed by atoms with Gasteiger partial charge < -0.3 is 20.9 Å². The zero-order valence-electron chi connectivity index (χ0n) is 16.9. The maximum Gasteiger partial charge on any atom is 0.227 e. The Kier molecular flexibility index (Phi) is 9.90. The summed E-state index contributed by atoms with van der Waals surface area (Å²) < 4.78 is 0. The summed E-state index contributed by atoms with van der Waals surface area (Å²) in [6, 6.07) is 11.0. The first kappa shape index (κ1) is 23.5. The fourth-order valence-electron chi connectivity index (χ4n) is 3.12. The van der Waals surface area contributed by atoms with Crippen molar-refractivity contribution in [1.29, 1.82) is 0 Å². The van der Waals surface area contributed by atoms with Gasteiger partial charge in [0.1, 0.15) is 0 Å². The highest BCUT2D eigenvalue weighted by atomic mass is 127. The molecule has 0 saturated carbocycles. The number of benzene rings is 1. The van der Waals surface area contributed by atoms with Gasteiger partial charge in [-0.05, 0) is 45.7 Å². The van der Waals surface area contributed by atoms with Gasteiger partial charge in [0, 0.05) is 38.4 Å². The molecule has 1 aromatic rings. The Bertz CT molecular complexity index is 598. The minimum atomic E-state index is -0.520. The molecule has 3 N–H and O–H groups in total. The Morgan fingerprint density at radius 1 is 1.22 bits per heavy atom. The molecule has 27 heavy (non-hydrogen) atoms. The van der Waals surface area contributed by atoms with E-state index in [1.54, 1.807) is 7.05 Å². The van der Waals surface area contributed by atoms with Gasteiger partial charge in [0.2, 0.25) is 5.91 Å². The lowest BCUT2D eigenvalue weighted by molar-refractivity contribution is -0.128. The maximum atomic E-state index is 11.9. The molecule has 0 radical (unpaired) electrons. The van der Waals surface area contributed by atoms with E-state index < -0.39 is 5.41 Å². The van der Waals surface area contributed by atoms with E-state index in [0.717, 1.165) is 38.4 Å². The van der Waals surface area contributed by atoms with Crippen LogP contribution in [0.15, 0.2) is 35.3 Å². The first-order valence-electron chi connectivity index (χ1n) is 9.53. The summed E-state index contributed by atoms with van der Waals surface area (Å²) in [5.74, 6) is 0.802. The summed E-state index contributed by atoms with van der Waals surface area (Å²) in [4.78, 5) is 19.0. The van der Waals surface area contributed by atoms with Gasteiger partial charge in [-0.25, -0.2) is 0 Å². The van der Waals surface area contributed by atoms with Crippen molar-refractivity contribution in [1.82, 2.24) is 16.0 Å². The number of para-hydroxylation sites is 1. The SMILES string of the molecule is CCNC(=NCC(C)(C)C(=O)NC)NC1CCN(c2ccccc2)CC1.I. The number of rotatable bonds is 6. The van der Waals surface area contributed by atoms with Crippen LogP contribution in [0.1, 0.15) is 33.6 Å². The average molecular weight is 487 g/mol. The van der Waals surface area contributed by atoms with Gasteiger partial charge in [-0.1, -0.05) is 18.2 Å². The Morgan fingerprint density at radius 3 is 2.41 bits per heavy atom. The Morgan fingerprint density at radius 2 is 1.85 bits per heavy atom. The van der Waals surface area contributed by atoms with Crippen LogP contribution in [0.5, 0.6) is 0 Å². The minimum absolute atomic E-state index is 0. The number of amides is 1. The summed E-state index contributed by atoms with van der Waals surface area (Å²) in [5.41, 5.74) is 0.771. The predicted octanol–water partition coefficient (Wildman–Crippen LogP) is 2.60. The number of carbonyl (C=O) groups excluding carboxylic acids is 1. The van der Waals surface area contributed by atoms with Crippen LogP contribution in [0.25, 0.3) is 0 Å². The molecule has 1 saturated heterocycles. The zero-order chi connectivity index (χ0) is 19.0. The van der Waals surface area contributed by atoms with Crippen LogP contribution >= 0.6 is 24.0 Å². The predicted molar refractivity (Wildman–Crippen MR) is 124 cm³/mol. The minimum Gasteiger partial charge on any atom is -0.371 e. The standard InChI is InChI=1S/C20H33N5O.HI/c1-5-22-19(23-15-20(2,3)18(26)21-4)24-16-11-13-25(14-12-16)17-9-7-6-8-10-17;/h6-10,16H,5,11-15H2,1-4H3,(H,21,26)(H2,22,23,24);1H. The largest absolute Gasteiger partial charge is 0.371 e. The lowest BCUT2D eigenvalue weighted by Gasteiger charge is -2.34. The van der Waals surface area contributed by atoms with Gasteiger partial charge in [-0.3, -0.25) is 9.79 Å². The molecule has 0 unspecified atom stereocenters. The van der Waals surface area contributed by atoms with Gasteiger partial charge in [-0.15, -0.1) is 24.0 Å². The molecule has 7 heteroatoms. The molecular formula is C20H34IN5O. The van der Waals surface area contributed by atoms with Crippen molar-refractivity contribution in [2.75, 3.05) is 38.1 Å². The van der Waals surface area contributed by atoms with E-state index in [1.807, 2.05) is 13.8 Å². The quantitative estimate of drug-likeness (QED) is 0.328. The fraction of sp³-hybridized carbons (Fsp3) is 0.600. The number of halogens is 1. The van der Waals surface area contributed by atoms with Gasteiger partial charge in [0.25, 0.3) is 0 Å². The third-order valence-corrected chi connectivity index (χ3v) is 4.78. The molecule has 152 valence electrons. The van der Waals surface area contributed by atoms with E-state index in [1.165, 1.54) is 5.69 Å². The second-order valence-corrected chi connectivity index (χ2v) is 7.40. The van der Waals surface area contributed by atoms with E-state index in [-0.39, 0.29) is 29.9 Å². The number of nitrogens with zero attached hydrogens (tertiary/aromatic N) is 2. The zero-order valence-corrected chi connectivity index (χ0v) is 19.2. The molecule has 1 fully saturated rings. The van der Waals surface area contributed by atoms with Gasteiger partial charge in [0.05, 0.1) is 12.0 Å². The Hall–Kier alpha value is -1.51. The third-order valence-electron chi connectivity index (χ3n) is 4.78. The number of carbonyl (C=O) groups is 1. The third kappa shape index (κ3) is 7.20. The molecule has 0 spiro atoms. The van der Waals surface area contributed by atoms with Crippen LogP contribution in [-0.2, 0) is 4.79 Å². The number of anilines is 1. The number of piperidine rings is 1. The molecule has 2 rings (SSSR count). The molecule has 1 amide bonds. The molecule has 0 bridgehead atoms. The highest BCUT2D eigenvalue weighted by molar-refractivity contribution is 14.0. The van der Waals surface area contributed by atoms with E-state index in [4.69, 9.17) is 0 Å². The topological polar surface area (TPSA) is 68.8 Å². The highest BCUT2D eigenvalue weighted by Crippen LogP contribution is 2.19. The van der Waals surface area contributed by atoms with E-state index in [9.17, 15) is 4.79 Å². The van der Waals surface area contributed by atoms with Gasteiger partial charge in [0.15, 0.2) is 5.96 Å². The van der Waals surface area contributed by atoms with E-state index in [0.29, 0.717) is 12.6 Å². The van der Waals surface area contributed by atoms with Gasteiger partial charge >= 0.3 is 0 Å². The lowest BCUT2D eigenvalue weighted by atomic mass is 9.93. The summed E-state index contributed by atoms with van der Waals surface area (Å²) >= 11 is 0. The molecule has 0 aliphatic carbocycles. The maximum absolute atomic E-state index is 11.9. The van der Waals surface area contributed by atoms with Crippen LogP contribution < -0.4 is 20.9 Å². The van der Waals surface area contributed by atoms with Crippen molar-refractivity contribution >= 4 is 41.5 Å². The van der Waals surface area contributed by atoms with Crippen molar-refractivity contribution in [3.05, 3.63) is 30.3 Å². The Labute approximate surface area is 180 Å². The van der Waals surface area contributed by atoms with Crippen LogP contribution in [-0.4, -0.2) is 51.1 Å². The second-order valence-electron chi connectivity index (χ2n) is 7.40. The van der Waals surface area contributed by atoms with Crippen molar-refractivity contribution < 1.29 is 4.79 Å². The molecule has 6 nitrogen and oxygen atoms in total. The highest BCUT2D eigenvalue weighted by Gasteiger charge is 2.27. The van der Waals surface area contributed by atoms with Gasteiger partial charge in [-0.2, -0.15) is 0 Å². The van der Waals surface area contributed by atoms with Crippen LogP contribution in [0.4, 0.5) is 5.69 Å². The van der Waals surface area contributed by atoms with Crippen molar-refractivity contribution in [3.8, 4) is 0 Å². The lowest BCUT2D eigenvalue weighted by Crippen LogP contribution is -2.49. The first-order valence-corrected chi connectivity index (χ1v) is 9.53. The second kappa shape index (κ2) is 11.4. The van der Waals surface area contributed by atoms with Crippen molar-refractivity contribution in [2.45, 2.75) is 39.7 Å². The van der Waals surface area contributed by atoms with E-state index >= 15 is 0 Å². The smallest absolute Gasteiger partial charge is 0.227 e. The van der Waals surface area contributed by atoms with Crippen LogP contribution in [0.2, 0.25) is 0 Å². The number of hydrogen-bond donors (Lipinski definition) is 3. The van der Waals surface area contributed by atoms with Crippen LogP contribution in [0.3, 0.4) is 0 Å². The van der Waals surface area contributed by atoms with E-state index in [2.05, 4.69) is 63.1 Å². The normalized spacial score (nSPS) is 15.7. The van der Waals surface area contributed by atoms with Crippen molar-refractivity contribution in [2.24, 2.45) is 10.4 Å². The number of nitrogens with one attached hydrogen (secondary N) is 3. The summed E-state index contributed by atoms with van der Waals surface area (Å²) in [7, 11) is 1.66. The summed E-state index contributed by atoms with van der Waals surface area (Å²) in [5, 5.41) is 9.54. The van der Waals surface area contributed by atoms with Crippen LogP contribution in [0, 0.1) is 5.41 Å². The monoisotopic (exact) mass is 487 g/mol. The molecule has 1 aliphatic rings. The average Bonchev–Trinajstić information content (AvgIpc) is 2.67. The molecule has 0 atom stereocenters. The molecule has 1 aromatic carbocycles. The number of aliphatic imine (C=N–C) groups is 1. The molecule has 1 aliphatic heterocycles. The molecule has 0 aromatic heterocycles. The first-order chi connectivity index (χ1) is 12.5.